The Morgan fingerprint density at radius 2 is 2.05 bits per heavy atom. The second-order valence-corrected chi connectivity index (χ2v) is 4.07. The number of nitrogens with zero attached hydrogens (tertiary/aromatic N) is 1. The smallest absolute Gasteiger partial charge is 0.338 e. The zero-order valence-corrected chi connectivity index (χ0v) is 11.4. The fourth-order valence-electron chi connectivity index (χ4n) is 1.58. The molecule has 1 aromatic carbocycles. The van der Waals surface area contributed by atoms with Crippen molar-refractivity contribution in [1.82, 2.24) is 4.98 Å². The van der Waals surface area contributed by atoms with Gasteiger partial charge < -0.3 is 14.8 Å². The van der Waals surface area contributed by atoms with Gasteiger partial charge in [-0.2, -0.15) is 0 Å². The van der Waals surface area contributed by atoms with Gasteiger partial charge in [0.25, 0.3) is 5.91 Å². The highest BCUT2D eigenvalue weighted by atomic mass is 16.5. The number of pyridine rings is 1. The maximum Gasteiger partial charge on any atom is 0.338 e. The molecule has 0 aliphatic rings. The number of hydrogen-bond donors (Lipinski definition) is 1. The van der Waals surface area contributed by atoms with Crippen molar-refractivity contribution < 1.29 is 19.1 Å². The van der Waals surface area contributed by atoms with Crippen molar-refractivity contribution in [2.24, 2.45) is 0 Å². The van der Waals surface area contributed by atoms with Gasteiger partial charge in [0.2, 0.25) is 0 Å². The van der Waals surface area contributed by atoms with Gasteiger partial charge in [0.15, 0.2) is 6.61 Å². The number of methoxy groups -OCH3 is 1. The number of rotatable bonds is 5. The fourth-order valence-corrected chi connectivity index (χ4v) is 1.58. The predicted octanol–water partition coefficient (Wildman–Crippen LogP) is 1.89. The number of nitrogens with one attached hydrogen (secondary N) is 1. The lowest BCUT2D eigenvalue weighted by Gasteiger charge is -2.06. The predicted molar refractivity (Wildman–Crippen MR) is 76.1 cm³/mol. The molecule has 6 heteroatoms. The van der Waals surface area contributed by atoms with Crippen molar-refractivity contribution in [2.45, 2.75) is 0 Å². The Morgan fingerprint density at radius 1 is 1.19 bits per heavy atom. The van der Waals surface area contributed by atoms with Crippen LogP contribution in [0.15, 0.2) is 48.7 Å². The first-order valence-corrected chi connectivity index (χ1v) is 6.21. The Balaban J connectivity index is 1.87. The fraction of sp³-hybridized carbons (Fsp3) is 0.133. The molecule has 0 atom stereocenters. The molecule has 6 nitrogen and oxygen atoms in total. The minimum Gasteiger partial charge on any atom is -0.497 e. The van der Waals surface area contributed by atoms with E-state index in [0.29, 0.717) is 17.1 Å². The molecule has 1 amide bonds. The molecular formula is C15H14N2O4. The summed E-state index contributed by atoms with van der Waals surface area (Å²) in [4.78, 5) is 27.4. The maximum atomic E-state index is 11.8. The molecule has 0 unspecified atom stereocenters. The van der Waals surface area contributed by atoms with E-state index >= 15 is 0 Å². The van der Waals surface area contributed by atoms with Crippen LogP contribution in [0.1, 0.15) is 10.4 Å². The summed E-state index contributed by atoms with van der Waals surface area (Å²) < 4.78 is 9.94. The average Bonchev–Trinajstić information content (AvgIpc) is 2.53. The third-order valence-corrected chi connectivity index (χ3v) is 2.57. The molecule has 0 aliphatic heterocycles. The molecule has 0 saturated carbocycles. The summed E-state index contributed by atoms with van der Waals surface area (Å²) in [5, 5.41) is 2.52. The van der Waals surface area contributed by atoms with Gasteiger partial charge in [-0.3, -0.25) is 4.79 Å². The summed E-state index contributed by atoms with van der Waals surface area (Å²) in [5.74, 6) is -0.0997. The first kappa shape index (κ1) is 14.5. The van der Waals surface area contributed by atoms with Gasteiger partial charge in [-0.15, -0.1) is 0 Å². The Kier molecular flexibility index (Phi) is 4.87. The lowest BCUT2D eigenvalue weighted by molar-refractivity contribution is -0.119. The number of ether oxygens (including phenoxy) is 2. The Hall–Kier alpha value is -2.89. The Morgan fingerprint density at radius 3 is 2.76 bits per heavy atom. The van der Waals surface area contributed by atoms with E-state index in [9.17, 15) is 9.59 Å². The van der Waals surface area contributed by atoms with Crippen LogP contribution in [0.4, 0.5) is 5.82 Å². The molecular weight excluding hydrogens is 272 g/mol. The van der Waals surface area contributed by atoms with E-state index in [2.05, 4.69) is 10.3 Å². The number of aromatic nitrogens is 1. The summed E-state index contributed by atoms with van der Waals surface area (Å²) in [6.07, 6.45) is 1.55. The molecule has 1 heterocycles. The molecule has 1 N–H and O–H groups in total. The molecule has 0 bridgehead atoms. The lowest BCUT2D eigenvalue weighted by atomic mass is 10.2. The first-order chi connectivity index (χ1) is 10.2. The molecule has 0 fully saturated rings. The molecule has 1 aromatic heterocycles. The summed E-state index contributed by atoms with van der Waals surface area (Å²) in [5.41, 5.74) is 0.319. The van der Waals surface area contributed by atoms with Crippen LogP contribution >= 0.6 is 0 Å². The number of esters is 1. The lowest BCUT2D eigenvalue weighted by Crippen LogP contribution is -2.21. The van der Waals surface area contributed by atoms with E-state index < -0.39 is 11.9 Å². The topological polar surface area (TPSA) is 77.5 Å². The highest BCUT2D eigenvalue weighted by Gasteiger charge is 2.11. The van der Waals surface area contributed by atoms with Gasteiger partial charge in [-0.25, -0.2) is 9.78 Å². The summed E-state index contributed by atoms with van der Waals surface area (Å²) in [6, 6.07) is 11.6. The van der Waals surface area contributed by atoms with Crippen molar-refractivity contribution in [3.8, 4) is 5.75 Å². The van der Waals surface area contributed by atoms with Crippen LogP contribution in [0, 0.1) is 0 Å². The van der Waals surface area contributed by atoms with Crippen LogP contribution in [0.25, 0.3) is 0 Å². The molecule has 0 spiro atoms. The van der Waals surface area contributed by atoms with Gasteiger partial charge in [-0.05, 0) is 30.3 Å². The monoisotopic (exact) mass is 286 g/mol. The van der Waals surface area contributed by atoms with E-state index in [4.69, 9.17) is 9.47 Å². The minimum atomic E-state index is -0.593. The second-order valence-electron chi connectivity index (χ2n) is 4.07. The number of carbonyl (C=O) groups is 2. The van der Waals surface area contributed by atoms with Gasteiger partial charge in [0.05, 0.1) is 12.7 Å². The number of amides is 1. The number of benzene rings is 1. The van der Waals surface area contributed by atoms with Crippen molar-refractivity contribution in [3.05, 3.63) is 54.2 Å². The normalized spacial score (nSPS) is 9.76. The molecule has 0 saturated heterocycles. The van der Waals surface area contributed by atoms with E-state index in [1.54, 1.807) is 48.7 Å². The molecule has 0 aliphatic carbocycles. The molecule has 0 radical (unpaired) electrons. The highest BCUT2D eigenvalue weighted by Crippen LogP contribution is 2.13. The van der Waals surface area contributed by atoms with Crippen LogP contribution < -0.4 is 10.1 Å². The first-order valence-electron chi connectivity index (χ1n) is 6.21. The van der Waals surface area contributed by atoms with Crippen LogP contribution in [0.5, 0.6) is 5.75 Å². The zero-order chi connectivity index (χ0) is 15.1. The SMILES string of the molecule is COc1cccc(C(=O)OCC(=O)Nc2ccccn2)c1. The van der Waals surface area contributed by atoms with Crippen molar-refractivity contribution in [1.29, 1.82) is 0 Å². The Labute approximate surface area is 121 Å². The van der Waals surface area contributed by atoms with E-state index in [1.165, 1.54) is 7.11 Å². The van der Waals surface area contributed by atoms with Gasteiger partial charge in [0, 0.05) is 6.20 Å². The quantitative estimate of drug-likeness (QED) is 0.849. The molecule has 108 valence electrons. The minimum absolute atomic E-state index is 0.319. The average molecular weight is 286 g/mol. The second kappa shape index (κ2) is 7.04. The Bertz CT molecular complexity index is 629. The molecule has 21 heavy (non-hydrogen) atoms. The van der Waals surface area contributed by atoms with Crippen LogP contribution in [-0.2, 0) is 9.53 Å². The summed E-state index contributed by atoms with van der Waals surface area (Å²) in [7, 11) is 1.50. The molecule has 2 aromatic rings. The number of anilines is 1. The van der Waals surface area contributed by atoms with E-state index in [-0.39, 0.29) is 6.61 Å². The zero-order valence-electron chi connectivity index (χ0n) is 11.4. The van der Waals surface area contributed by atoms with Crippen molar-refractivity contribution >= 4 is 17.7 Å². The van der Waals surface area contributed by atoms with E-state index in [0.717, 1.165) is 0 Å². The van der Waals surface area contributed by atoms with Gasteiger partial charge in [-0.1, -0.05) is 12.1 Å². The summed E-state index contributed by atoms with van der Waals surface area (Å²) in [6.45, 7) is -0.382. The molecule has 2 rings (SSSR count). The van der Waals surface area contributed by atoms with E-state index in [1.807, 2.05) is 0 Å². The number of carbonyl (C=O) groups excluding carboxylic acids is 2. The van der Waals surface area contributed by atoms with Crippen LogP contribution in [0.2, 0.25) is 0 Å². The standard InChI is InChI=1S/C15H14N2O4/c1-20-12-6-4-5-11(9-12)15(19)21-10-14(18)17-13-7-2-3-8-16-13/h2-9H,10H2,1H3,(H,16,17,18). The van der Waals surface area contributed by atoms with Crippen molar-refractivity contribution in [3.63, 3.8) is 0 Å². The number of hydrogen-bond acceptors (Lipinski definition) is 5. The summed E-state index contributed by atoms with van der Waals surface area (Å²) >= 11 is 0. The van der Waals surface area contributed by atoms with Gasteiger partial charge in [0.1, 0.15) is 11.6 Å². The highest BCUT2D eigenvalue weighted by molar-refractivity contribution is 5.95. The third kappa shape index (κ3) is 4.31. The largest absolute Gasteiger partial charge is 0.497 e. The van der Waals surface area contributed by atoms with Crippen molar-refractivity contribution in [2.75, 3.05) is 19.0 Å². The maximum absolute atomic E-state index is 11.8. The van der Waals surface area contributed by atoms with Crippen LogP contribution in [0.3, 0.4) is 0 Å². The van der Waals surface area contributed by atoms with Crippen LogP contribution in [-0.4, -0.2) is 30.6 Å². The third-order valence-electron chi connectivity index (χ3n) is 2.57. The van der Waals surface area contributed by atoms with Gasteiger partial charge >= 0.3 is 5.97 Å².